The van der Waals surface area contributed by atoms with Gasteiger partial charge in [-0.05, 0) is 36.6 Å². The Hall–Kier alpha value is -1.84. The highest BCUT2D eigenvalue weighted by molar-refractivity contribution is 5.37. The quantitative estimate of drug-likeness (QED) is 0.857. The van der Waals surface area contributed by atoms with Crippen LogP contribution >= 0.6 is 0 Å². The molecule has 1 saturated heterocycles. The molecule has 3 rings (SSSR count). The van der Waals surface area contributed by atoms with Crippen LogP contribution in [-0.4, -0.2) is 19.7 Å². The first-order chi connectivity index (χ1) is 11.3. The summed E-state index contributed by atoms with van der Waals surface area (Å²) in [6.45, 7) is 4.08. The molecule has 2 unspecified atom stereocenters. The van der Waals surface area contributed by atoms with E-state index >= 15 is 0 Å². The summed E-state index contributed by atoms with van der Waals surface area (Å²) in [5, 5.41) is 7.35. The fourth-order valence-electron chi connectivity index (χ4n) is 3.36. The average molecular weight is 310 g/mol. The van der Waals surface area contributed by atoms with Crippen LogP contribution in [0, 0.1) is 0 Å². The van der Waals surface area contributed by atoms with Gasteiger partial charge in [0.2, 0.25) is 0 Å². The average Bonchev–Trinajstić information content (AvgIpc) is 3.09. The van der Waals surface area contributed by atoms with Crippen LogP contribution in [0.3, 0.4) is 0 Å². The van der Waals surface area contributed by atoms with Gasteiger partial charge >= 0.3 is 0 Å². The summed E-state index contributed by atoms with van der Waals surface area (Å²) in [5.41, 5.74) is 3.95. The second kappa shape index (κ2) is 7.62. The number of methoxy groups -OCH3 is 1. The zero-order chi connectivity index (χ0) is 16.1. The van der Waals surface area contributed by atoms with E-state index in [0.717, 1.165) is 31.7 Å². The highest BCUT2D eigenvalue weighted by Gasteiger charge is 2.27. The Morgan fingerprint density at radius 3 is 2.74 bits per heavy atom. The van der Waals surface area contributed by atoms with Gasteiger partial charge in [-0.1, -0.05) is 49.4 Å². The summed E-state index contributed by atoms with van der Waals surface area (Å²) in [6, 6.07) is 18.0. The molecule has 0 saturated carbocycles. The first-order valence-corrected chi connectivity index (χ1v) is 8.49. The topological polar surface area (TPSA) is 33.3 Å². The van der Waals surface area contributed by atoms with Crippen molar-refractivity contribution in [3.05, 3.63) is 65.2 Å². The molecule has 1 fully saturated rings. The van der Waals surface area contributed by atoms with E-state index in [-0.39, 0.29) is 0 Å². The molecule has 1 aliphatic rings. The Balaban J connectivity index is 1.70. The molecular formula is C20H26N2O. The van der Waals surface area contributed by atoms with Gasteiger partial charge in [-0.15, -0.1) is 0 Å². The highest BCUT2D eigenvalue weighted by Crippen LogP contribution is 2.25. The van der Waals surface area contributed by atoms with E-state index in [1.807, 2.05) is 0 Å². The number of hydrogen-bond donors (Lipinski definition) is 2. The molecule has 3 heteroatoms. The molecular weight excluding hydrogens is 284 g/mol. The number of hydrogen-bond acceptors (Lipinski definition) is 3. The van der Waals surface area contributed by atoms with E-state index < -0.39 is 0 Å². The smallest absolute Gasteiger partial charge is 0.123 e. The maximum Gasteiger partial charge on any atom is 0.123 e. The van der Waals surface area contributed by atoms with E-state index in [9.17, 15) is 0 Å². The van der Waals surface area contributed by atoms with Crippen molar-refractivity contribution in [2.75, 3.05) is 13.7 Å². The first-order valence-electron chi connectivity index (χ1n) is 8.49. The van der Waals surface area contributed by atoms with Crippen molar-refractivity contribution in [2.24, 2.45) is 0 Å². The minimum atomic E-state index is 0.386. The van der Waals surface area contributed by atoms with Gasteiger partial charge < -0.3 is 15.4 Å². The van der Waals surface area contributed by atoms with Crippen LogP contribution < -0.4 is 15.4 Å². The Morgan fingerprint density at radius 2 is 2.00 bits per heavy atom. The van der Waals surface area contributed by atoms with Gasteiger partial charge in [0.15, 0.2) is 0 Å². The largest absolute Gasteiger partial charge is 0.496 e. The third-order valence-electron chi connectivity index (χ3n) is 4.69. The second-order valence-electron chi connectivity index (χ2n) is 6.12. The highest BCUT2D eigenvalue weighted by atomic mass is 16.5. The lowest BCUT2D eigenvalue weighted by Gasteiger charge is -2.22. The maximum atomic E-state index is 5.52. The lowest BCUT2D eigenvalue weighted by atomic mass is 10.0. The molecule has 0 radical (unpaired) electrons. The molecule has 2 N–H and O–H groups in total. The van der Waals surface area contributed by atoms with Crippen molar-refractivity contribution in [2.45, 2.75) is 38.4 Å². The SMILES string of the molecule is CCc1ccc(OC)c(CNC2CCNC2c2ccccc2)c1. The Kier molecular flexibility index (Phi) is 5.31. The minimum absolute atomic E-state index is 0.386. The second-order valence-corrected chi connectivity index (χ2v) is 6.12. The van der Waals surface area contributed by atoms with Gasteiger partial charge in [0.05, 0.1) is 7.11 Å². The van der Waals surface area contributed by atoms with Gasteiger partial charge in [0.25, 0.3) is 0 Å². The molecule has 1 heterocycles. The fourth-order valence-corrected chi connectivity index (χ4v) is 3.36. The number of ether oxygens (including phenoxy) is 1. The van der Waals surface area contributed by atoms with Gasteiger partial charge in [0.1, 0.15) is 5.75 Å². The molecule has 0 aromatic heterocycles. The molecule has 0 aliphatic carbocycles. The first kappa shape index (κ1) is 16.0. The van der Waals surface area contributed by atoms with Gasteiger partial charge in [-0.3, -0.25) is 0 Å². The number of benzene rings is 2. The summed E-state index contributed by atoms with van der Waals surface area (Å²) in [4.78, 5) is 0. The van der Waals surface area contributed by atoms with E-state index in [0.29, 0.717) is 12.1 Å². The fraction of sp³-hybridized carbons (Fsp3) is 0.400. The summed E-state index contributed by atoms with van der Waals surface area (Å²) in [7, 11) is 1.74. The van der Waals surface area contributed by atoms with Crippen molar-refractivity contribution in [3.8, 4) is 5.75 Å². The molecule has 0 spiro atoms. The van der Waals surface area contributed by atoms with Crippen LogP contribution in [-0.2, 0) is 13.0 Å². The van der Waals surface area contributed by atoms with E-state index in [2.05, 4.69) is 66.1 Å². The molecule has 2 atom stereocenters. The molecule has 2 aromatic rings. The maximum absolute atomic E-state index is 5.52. The standard InChI is InChI=1S/C20H26N2O/c1-3-15-9-10-19(23-2)17(13-15)14-22-18-11-12-21-20(18)16-7-5-4-6-8-16/h4-10,13,18,20-22H,3,11-12,14H2,1-2H3. The number of rotatable bonds is 6. The van der Waals surface area contributed by atoms with Crippen molar-refractivity contribution in [1.29, 1.82) is 0 Å². The van der Waals surface area contributed by atoms with Crippen molar-refractivity contribution >= 4 is 0 Å². The Morgan fingerprint density at radius 1 is 1.17 bits per heavy atom. The van der Waals surface area contributed by atoms with E-state index in [4.69, 9.17) is 4.74 Å². The van der Waals surface area contributed by atoms with Crippen LogP contribution in [0.1, 0.15) is 36.1 Å². The molecule has 1 aliphatic heterocycles. The van der Waals surface area contributed by atoms with Crippen LogP contribution in [0.15, 0.2) is 48.5 Å². The molecule has 2 aromatic carbocycles. The predicted octanol–water partition coefficient (Wildman–Crippen LogP) is 3.45. The molecule has 23 heavy (non-hydrogen) atoms. The Bertz CT molecular complexity index is 627. The van der Waals surface area contributed by atoms with Crippen molar-refractivity contribution in [1.82, 2.24) is 10.6 Å². The zero-order valence-electron chi connectivity index (χ0n) is 14.0. The van der Waals surface area contributed by atoms with Crippen molar-refractivity contribution < 1.29 is 4.74 Å². The summed E-state index contributed by atoms with van der Waals surface area (Å²) in [5.74, 6) is 0.969. The summed E-state index contributed by atoms with van der Waals surface area (Å²) in [6.07, 6.45) is 2.20. The molecule has 3 nitrogen and oxygen atoms in total. The zero-order valence-corrected chi connectivity index (χ0v) is 14.0. The molecule has 122 valence electrons. The normalized spacial score (nSPS) is 20.6. The van der Waals surface area contributed by atoms with Crippen LogP contribution in [0.2, 0.25) is 0 Å². The molecule has 0 bridgehead atoms. The number of nitrogens with one attached hydrogen (secondary N) is 2. The van der Waals surface area contributed by atoms with Crippen LogP contribution in [0.4, 0.5) is 0 Å². The van der Waals surface area contributed by atoms with Crippen LogP contribution in [0.25, 0.3) is 0 Å². The monoisotopic (exact) mass is 310 g/mol. The predicted molar refractivity (Wildman–Crippen MR) is 94.8 cm³/mol. The summed E-state index contributed by atoms with van der Waals surface area (Å²) < 4.78 is 5.52. The van der Waals surface area contributed by atoms with Gasteiger partial charge in [-0.2, -0.15) is 0 Å². The van der Waals surface area contributed by atoms with Gasteiger partial charge in [0, 0.05) is 24.2 Å². The third-order valence-corrected chi connectivity index (χ3v) is 4.69. The van der Waals surface area contributed by atoms with E-state index in [1.54, 1.807) is 7.11 Å². The minimum Gasteiger partial charge on any atom is -0.496 e. The lowest BCUT2D eigenvalue weighted by molar-refractivity contribution is 0.401. The Labute approximate surface area is 139 Å². The van der Waals surface area contributed by atoms with Crippen LogP contribution in [0.5, 0.6) is 5.75 Å². The van der Waals surface area contributed by atoms with Crippen molar-refractivity contribution in [3.63, 3.8) is 0 Å². The third kappa shape index (κ3) is 3.74. The van der Waals surface area contributed by atoms with Gasteiger partial charge in [-0.25, -0.2) is 0 Å². The number of aryl methyl sites for hydroxylation is 1. The summed E-state index contributed by atoms with van der Waals surface area (Å²) >= 11 is 0. The van der Waals surface area contributed by atoms with E-state index in [1.165, 1.54) is 16.7 Å². The lowest BCUT2D eigenvalue weighted by Crippen LogP contribution is -2.34. The molecule has 0 amide bonds.